The molecule has 0 radical (unpaired) electrons. The molecule has 5 nitrogen and oxygen atoms in total. The van der Waals surface area contributed by atoms with Gasteiger partial charge >= 0.3 is 0 Å². The first-order valence-corrected chi connectivity index (χ1v) is 7.13. The Morgan fingerprint density at radius 3 is 2.95 bits per heavy atom. The first-order chi connectivity index (χ1) is 10.2. The Hall–Kier alpha value is -1.37. The number of halogens is 2. The molecule has 1 aliphatic heterocycles. The molecule has 1 aliphatic rings. The van der Waals surface area contributed by atoms with E-state index in [0.717, 1.165) is 19.4 Å². The maximum Gasteiger partial charge on any atom is 0.228 e. The van der Waals surface area contributed by atoms with E-state index in [2.05, 4.69) is 10.6 Å². The highest BCUT2D eigenvalue weighted by Crippen LogP contribution is 2.26. The van der Waals surface area contributed by atoms with Crippen molar-refractivity contribution in [1.82, 2.24) is 5.32 Å². The Morgan fingerprint density at radius 2 is 2.27 bits per heavy atom. The number of piperidine rings is 1. The predicted molar refractivity (Wildman–Crippen MR) is 85.2 cm³/mol. The number of hydrogen-bond donors (Lipinski definition) is 2. The Kier molecular flexibility index (Phi) is 8.16. The second-order valence-corrected chi connectivity index (χ2v) is 5.01. The normalized spacial score (nSPS) is 17.5. The monoisotopic (exact) mass is 332 g/mol. The summed E-state index contributed by atoms with van der Waals surface area (Å²) in [6.07, 6.45) is 1.81. The van der Waals surface area contributed by atoms with Crippen LogP contribution in [0.25, 0.3) is 0 Å². The third-order valence-electron chi connectivity index (χ3n) is 3.41. The Labute approximate surface area is 136 Å². The zero-order valence-corrected chi connectivity index (χ0v) is 13.4. The number of carbonyl (C=O) groups is 1. The van der Waals surface area contributed by atoms with Crippen LogP contribution in [0, 0.1) is 11.7 Å². The van der Waals surface area contributed by atoms with E-state index in [-0.39, 0.29) is 24.2 Å². The molecule has 2 N–H and O–H groups in total. The van der Waals surface area contributed by atoms with Crippen LogP contribution >= 0.6 is 12.4 Å². The summed E-state index contributed by atoms with van der Waals surface area (Å²) in [7, 11) is 1.58. The molecule has 22 heavy (non-hydrogen) atoms. The van der Waals surface area contributed by atoms with Gasteiger partial charge in [-0.15, -0.1) is 12.4 Å². The molecule has 124 valence electrons. The molecular weight excluding hydrogens is 311 g/mol. The lowest BCUT2D eigenvalue weighted by molar-refractivity contribution is -0.120. The van der Waals surface area contributed by atoms with E-state index in [9.17, 15) is 9.18 Å². The summed E-state index contributed by atoms with van der Waals surface area (Å²) in [4.78, 5) is 12.2. The Balaban J connectivity index is 0.00000242. The van der Waals surface area contributed by atoms with Gasteiger partial charge in [-0.2, -0.15) is 0 Å². The van der Waals surface area contributed by atoms with Crippen LogP contribution in [0.1, 0.15) is 12.8 Å². The molecule has 0 aromatic heterocycles. The number of benzene rings is 1. The summed E-state index contributed by atoms with van der Waals surface area (Å²) in [5.41, 5.74) is 0.363. The van der Waals surface area contributed by atoms with Gasteiger partial charge in [0.15, 0.2) is 0 Å². The highest BCUT2D eigenvalue weighted by molar-refractivity contribution is 5.94. The minimum atomic E-state index is -0.411. The van der Waals surface area contributed by atoms with Crippen molar-refractivity contribution in [1.29, 1.82) is 0 Å². The van der Waals surface area contributed by atoms with E-state index in [4.69, 9.17) is 9.47 Å². The Bertz CT molecular complexity index is 482. The fourth-order valence-corrected chi connectivity index (χ4v) is 2.27. The fraction of sp³-hybridized carbons (Fsp3) is 0.533. The minimum absolute atomic E-state index is 0. The van der Waals surface area contributed by atoms with Crippen LogP contribution in [0.2, 0.25) is 0 Å². The van der Waals surface area contributed by atoms with Gasteiger partial charge < -0.3 is 20.1 Å². The van der Waals surface area contributed by atoms with Crippen LogP contribution in [0.4, 0.5) is 10.1 Å². The fourth-order valence-electron chi connectivity index (χ4n) is 2.27. The van der Waals surface area contributed by atoms with E-state index in [0.29, 0.717) is 31.2 Å². The molecule has 1 heterocycles. The molecule has 0 aliphatic carbocycles. The van der Waals surface area contributed by atoms with Crippen molar-refractivity contribution < 1.29 is 18.7 Å². The number of ether oxygens (including phenoxy) is 2. The second-order valence-electron chi connectivity index (χ2n) is 5.01. The summed E-state index contributed by atoms with van der Waals surface area (Å²) < 4.78 is 23.8. The van der Waals surface area contributed by atoms with Gasteiger partial charge in [-0.3, -0.25) is 4.79 Å². The lowest BCUT2D eigenvalue weighted by atomic mass is 9.99. The van der Waals surface area contributed by atoms with E-state index < -0.39 is 5.82 Å². The number of hydrogen-bond acceptors (Lipinski definition) is 4. The lowest BCUT2D eigenvalue weighted by Gasteiger charge is -2.22. The molecule has 1 atom stereocenters. The summed E-state index contributed by atoms with van der Waals surface area (Å²) in [6, 6.07) is 4.09. The summed E-state index contributed by atoms with van der Waals surface area (Å²) >= 11 is 0. The largest absolute Gasteiger partial charge is 0.489 e. The number of amides is 1. The second kappa shape index (κ2) is 9.61. The molecule has 1 fully saturated rings. The van der Waals surface area contributed by atoms with Gasteiger partial charge in [0.05, 0.1) is 18.2 Å². The maximum absolute atomic E-state index is 13.4. The molecule has 0 bridgehead atoms. The minimum Gasteiger partial charge on any atom is -0.489 e. The number of rotatable bonds is 6. The van der Waals surface area contributed by atoms with Crippen molar-refractivity contribution in [2.24, 2.45) is 5.92 Å². The van der Waals surface area contributed by atoms with Gasteiger partial charge in [0.25, 0.3) is 0 Å². The lowest BCUT2D eigenvalue weighted by Crippen LogP contribution is -2.37. The third-order valence-corrected chi connectivity index (χ3v) is 3.41. The van der Waals surface area contributed by atoms with Crippen molar-refractivity contribution in [2.75, 3.05) is 38.7 Å². The SMILES string of the molecule is COCCOc1ccc(F)cc1NC(=O)C1CCCNC1.Cl. The smallest absolute Gasteiger partial charge is 0.228 e. The predicted octanol–water partition coefficient (Wildman–Crippen LogP) is 2.21. The molecule has 0 saturated carbocycles. The van der Waals surface area contributed by atoms with Gasteiger partial charge in [-0.1, -0.05) is 0 Å². The first-order valence-electron chi connectivity index (χ1n) is 7.13. The molecule has 1 saturated heterocycles. The van der Waals surface area contributed by atoms with Crippen molar-refractivity contribution in [2.45, 2.75) is 12.8 Å². The van der Waals surface area contributed by atoms with Crippen molar-refractivity contribution in [3.63, 3.8) is 0 Å². The number of nitrogens with one attached hydrogen (secondary N) is 2. The van der Waals surface area contributed by atoms with Crippen LogP contribution in [-0.4, -0.2) is 39.3 Å². The Morgan fingerprint density at radius 1 is 1.45 bits per heavy atom. The van der Waals surface area contributed by atoms with Gasteiger partial charge in [0.2, 0.25) is 5.91 Å². The van der Waals surface area contributed by atoms with Crippen LogP contribution in [-0.2, 0) is 9.53 Å². The zero-order valence-electron chi connectivity index (χ0n) is 12.6. The maximum atomic E-state index is 13.4. The quantitative estimate of drug-likeness (QED) is 0.784. The number of carbonyl (C=O) groups excluding carboxylic acids is 1. The summed E-state index contributed by atoms with van der Waals surface area (Å²) in [5, 5.41) is 5.95. The molecule has 7 heteroatoms. The zero-order chi connectivity index (χ0) is 15.1. The van der Waals surface area contributed by atoms with E-state index in [1.165, 1.54) is 18.2 Å². The van der Waals surface area contributed by atoms with E-state index >= 15 is 0 Å². The van der Waals surface area contributed by atoms with Crippen LogP contribution in [0.15, 0.2) is 18.2 Å². The van der Waals surface area contributed by atoms with Crippen molar-refractivity contribution in [3.8, 4) is 5.75 Å². The highest BCUT2D eigenvalue weighted by atomic mass is 35.5. The van der Waals surface area contributed by atoms with Gasteiger partial charge in [-0.25, -0.2) is 4.39 Å². The van der Waals surface area contributed by atoms with E-state index in [1.807, 2.05) is 0 Å². The van der Waals surface area contributed by atoms with Crippen LogP contribution in [0.5, 0.6) is 5.75 Å². The van der Waals surface area contributed by atoms with Crippen LogP contribution in [0.3, 0.4) is 0 Å². The first kappa shape index (κ1) is 18.7. The molecular formula is C15H22ClFN2O3. The standard InChI is InChI=1S/C15H21FN2O3.ClH/c1-20-7-8-21-14-5-4-12(16)9-13(14)18-15(19)11-3-2-6-17-10-11;/h4-5,9,11,17H,2-3,6-8,10H2,1H3,(H,18,19);1H. The molecule has 1 amide bonds. The topological polar surface area (TPSA) is 59.6 Å². The van der Waals surface area contributed by atoms with E-state index in [1.54, 1.807) is 7.11 Å². The molecule has 1 aromatic carbocycles. The number of methoxy groups -OCH3 is 1. The van der Waals surface area contributed by atoms with Gasteiger partial charge in [0, 0.05) is 19.7 Å². The molecule has 2 rings (SSSR count). The average Bonchev–Trinajstić information content (AvgIpc) is 2.50. The average molecular weight is 333 g/mol. The third kappa shape index (κ3) is 5.44. The van der Waals surface area contributed by atoms with Crippen molar-refractivity contribution >= 4 is 24.0 Å². The summed E-state index contributed by atoms with van der Waals surface area (Å²) in [6.45, 7) is 2.36. The number of anilines is 1. The molecule has 1 aromatic rings. The van der Waals surface area contributed by atoms with Crippen molar-refractivity contribution in [3.05, 3.63) is 24.0 Å². The molecule has 0 spiro atoms. The molecule has 1 unspecified atom stereocenters. The summed E-state index contributed by atoms with van der Waals surface area (Å²) in [5.74, 6) is -0.157. The van der Waals surface area contributed by atoms with Gasteiger partial charge in [-0.05, 0) is 31.5 Å². The highest BCUT2D eigenvalue weighted by Gasteiger charge is 2.22. The van der Waals surface area contributed by atoms with Gasteiger partial charge in [0.1, 0.15) is 18.2 Å². The van der Waals surface area contributed by atoms with Crippen LogP contribution < -0.4 is 15.4 Å².